The van der Waals surface area contributed by atoms with Gasteiger partial charge < -0.3 is 21.1 Å². The van der Waals surface area contributed by atoms with Crippen LogP contribution in [0.5, 0.6) is 0 Å². The molecular formula is C30H35F3N5O7+. The minimum Gasteiger partial charge on any atom is -0.481 e. The van der Waals surface area contributed by atoms with Crippen LogP contribution in [0.1, 0.15) is 69.5 Å². The van der Waals surface area contributed by atoms with Gasteiger partial charge in [-0.2, -0.15) is 13.2 Å². The first-order valence-electron chi connectivity index (χ1n) is 14.2. The third-order valence-electron chi connectivity index (χ3n) is 7.25. The number of hydrogen-bond donors (Lipinski definition) is 4. The van der Waals surface area contributed by atoms with Gasteiger partial charge in [0.05, 0.1) is 12.0 Å². The Labute approximate surface area is 257 Å². The van der Waals surface area contributed by atoms with Gasteiger partial charge in [-0.3, -0.25) is 15.0 Å². The average Bonchev–Trinajstić information content (AvgIpc) is 3.03. The normalized spacial score (nSPS) is 16.5. The number of quaternary nitrogens is 1. The molecule has 0 radical (unpaired) electrons. The number of aryl methyl sites for hydroxylation is 3. The zero-order chi connectivity index (χ0) is 33.5. The maximum atomic E-state index is 14.2. The molecule has 2 aromatic carbocycles. The molecule has 1 aliphatic heterocycles. The van der Waals surface area contributed by atoms with Gasteiger partial charge in [-0.15, -0.1) is 0 Å². The van der Waals surface area contributed by atoms with E-state index in [1.54, 1.807) is 13.0 Å². The molecule has 1 atom stereocenters. The Hall–Kier alpha value is -4.79. The lowest BCUT2D eigenvalue weighted by atomic mass is 10.00. The molecule has 0 saturated carbocycles. The molecule has 3 amide bonds. The number of halogens is 3. The van der Waals surface area contributed by atoms with E-state index in [0.717, 1.165) is 30.2 Å². The number of carbonyl (C=O) groups is 5. The Morgan fingerprint density at radius 1 is 1.07 bits per heavy atom. The Morgan fingerprint density at radius 2 is 1.76 bits per heavy atom. The molecular weight excluding hydrogens is 599 g/mol. The predicted molar refractivity (Wildman–Crippen MR) is 156 cm³/mol. The van der Waals surface area contributed by atoms with E-state index < -0.39 is 65.7 Å². The number of carboxylic acids is 1. The number of amides is 3. The van der Waals surface area contributed by atoms with Crippen molar-refractivity contribution in [3.63, 3.8) is 0 Å². The highest BCUT2D eigenvalue weighted by Gasteiger charge is 2.61. The van der Waals surface area contributed by atoms with Gasteiger partial charge in [-0.25, -0.2) is 19.2 Å². The molecule has 1 heterocycles. The van der Waals surface area contributed by atoms with Crippen LogP contribution in [0.2, 0.25) is 0 Å². The van der Waals surface area contributed by atoms with E-state index in [-0.39, 0.29) is 22.6 Å². The quantitative estimate of drug-likeness (QED) is 0.0946. The number of nitrogens with one attached hydrogen (secondary N) is 2. The summed E-state index contributed by atoms with van der Waals surface area (Å²) in [6.07, 6.45) is -2.86. The minimum atomic E-state index is -5.60. The Bertz CT molecular complexity index is 1510. The third-order valence-corrected chi connectivity index (χ3v) is 7.25. The summed E-state index contributed by atoms with van der Waals surface area (Å²) in [7, 11) is 0. The molecule has 1 unspecified atom stereocenters. The van der Waals surface area contributed by atoms with Crippen LogP contribution in [0.25, 0.3) is 0 Å². The van der Waals surface area contributed by atoms with Crippen LogP contribution in [0.4, 0.5) is 18.9 Å². The SMILES string of the molecule is Cc1ccc(C(=O)[N+]2(OC(=O)C(F)(F)F)C(=O)CN(CCC(=O)O)C(=O)c3cc(CCCCCCNC(=N)N)ccc32)c(C)c1. The van der Waals surface area contributed by atoms with Crippen molar-refractivity contribution in [1.82, 2.24) is 14.9 Å². The number of benzene rings is 2. The fraction of sp³-hybridized carbons (Fsp3) is 0.400. The molecule has 0 aromatic heterocycles. The van der Waals surface area contributed by atoms with Gasteiger partial charge in [0.15, 0.2) is 5.96 Å². The molecule has 5 N–H and O–H groups in total. The maximum absolute atomic E-state index is 14.2. The number of hydroxylamine groups is 2. The molecule has 1 aliphatic rings. The molecule has 15 heteroatoms. The summed E-state index contributed by atoms with van der Waals surface area (Å²) in [6.45, 7) is 2.23. The van der Waals surface area contributed by atoms with Crippen LogP contribution in [0.15, 0.2) is 36.4 Å². The van der Waals surface area contributed by atoms with Crippen LogP contribution in [-0.4, -0.2) is 71.4 Å². The number of aliphatic carboxylic acids is 1. The summed E-state index contributed by atoms with van der Waals surface area (Å²) in [5, 5.41) is 19.1. The molecule has 2 aromatic rings. The first kappa shape index (κ1) is 34.7. The Kier molecular flexibility index (Phi) is 11.0. The Morgan fingerprint density at radius 3 is 2.38 bits per heavy atom. The number of fused-ring (bicyclic) bond motifs is 1. The Balaban J connectivity index is 2.14. The molecule has 45 heavy (non-hydrogen) atoms. The lowest BCUT2D eigenvalue weighted by Gasteiger charge is -2.29. The number of carbonyl (C=O) groups excluding carboxylic acids is 4. The molecule has 0 saturated heterocycles. The van der Waals surface area contributed by atoms with Gasteiger partial charge in [0, 0.05) is 23.8 Å². The topological polar surface area (TPSA) is 180 Å². The van der Waals surface area contributed by atoms with Crippen LogP contribution in [0.3, 0.4) is 0 Å². The number of nitrogens with zero attached hydrogens (tertiary/aromatic N) is 2. The number of carboxylic acid groups (broad SMARTS) is 1. The summed E-state index contributed by atoms with van der Waals surface area (Å²) in [5.74, 6) is -7.88. The number of hydrogen-bond acceptors (Lipinski definition) is 7. The third kappa shape index (κ3) is 8.23. The first-order chi connectivity index (χ1) is 21.1. The summed E-state index contributed by atoms with van der Waals surface area (Å²) >= 11 is 0. The van der Waals surface area contributed by atoms with Gasteiger partial charge in [-0.05, 0) is 56.4 Å². The summed E-state index contributed by atoms with van der Waals surface area (Å²) in [4.78, 5) is 71.2. The van der Waals surface area contributed by atoms with Crippen LogP contribution in [-0.2, 0) is 25.6 Å². The highest BCUT2D eigenvalue weighted by Crippen LogP contribution is 2.38. The fourth-order valence-corrected chi connectivity index (χ4v) is 5.03. The standard InChI is InChI=1S/C30H34F3N5O7/c1-18-8-10-21(19(2)15-18)27(43)38(45-28(44)30(31,32)33)23-11-9-20(7-5-3-4-6-13-36-29(34)35)16-22(23)26(42)37(17-24(38)39)14-12-25(40)41/h8-11,15-16H,3-7,12-14,17H2,1-2H3,(H4-,34,35,36,40,41)/p+1. The highest BCUT2D eigenvalue weighted by atomic mass is 19.4. The van der Waals surface area contributed by atoms with Crippen molar-refractivity contribution in [1.29, 1.82) is 5.41 Å². The number of rotatable bonds is 11. The monoisotopic (exact) mass is 634 g/mol. The molecule has 0 fully saturated rings. The van der Waals surface area contributed by atoms with Crippen molar-refractivity contribution in [3.05, 3.63) is 64.2 Å². The van der Waals surface area contributed by atoms with E-state index in [4.69, 9.17) is 16.0 Å². The zero-order valence-corrected chi connectivity index (χ0v) is 24.8. The van der Waals surface area contributed by atoms with E-state index in [1.165, 1.54) is 31.2 Å². The van der Waals surface area contributed by atoms with Gasteiger partial charge in [0.2, 0.25) is 5.69 Å². The summed E-state index contributed by atoms with van der Waals surface area (Å²) < 4.78 is 38.7. The van der Waals surface area contributed by atoms with Crippen LogP contribution >= 0.6 is 0 Å². The lowest BCUT2D eigenvalue weighted by molar-refractivity contribution is -0.225. The van der Waals surface area contributed by atoms with E-state index in [2.05, 4.69) is 5.32 Å². The van der Waals surface area contributed by atoms with Gasteiger partial charge in [0.25, 0.3) is 5.91 Å². The fourth-order valence-electron chi connectivity index (χ4n) is 5.03. The first-order valence-corrected chi connectivity index (χ1v) is 14.2. The molecule has 0 spiro atoms. The van der Waals surface area contributed by atoms with E-state index in [0.29, 0.717) is 30.5 Å². The number of unbranched alkanes of at least 4 members (excludes halogenated alkanes) is 3. The summed E-state index contributed by atoms with van der Waals surface area (Å²) in [6, 6.07) is 8.23. The van der Waals surface area contributed by atoms with E-state index >= 15 is 0 Å². The van der Waals surface area contributed by atoms with Gasteiger partial charge >= 0.3 is 29.9 Å². The second kappa shape index (κ2) is 14.3. The average molecular weight is 635 g/mol. The van der Waals surface area contributed by atoms with Gasteiger partial charge in [0.1, 0.15) is 12.1 Å². The van der Waals surface area contributed by atoms with Crippen molar-refractivity contribution in [2.75, 3.05) is 19.6 Å². The van der Waals surface area contributed by atoms with E-state index in [1.807, 2.05) is 0 Å². The highest BCUT2D eigenvalue weighted by molar-refractivity contribution is 6.20. The minimum absolute atomic E-state index is 0.132. The molecule has 0 aliphatic carbocycles. The van der Waals surface area contributed by atoms with Crippen molar-refractivity contribution in [3.8, 4) is 0 Å². The van der Waals surface area contributed by atoms with Gasteiger partial charge in [-0.1, -0.05) is 36.6 Å². The van der Waals surface area contributed by atoms with Crippen molar-refractivity contribution in [2.45, 2.75) is 58.5 Å². The molecule has 3 rings (SSSR count). The van der Waals surface area contributed by atoms with E-state index in [9.17, 15) is 42.3 Å². The molecule has 0 bridgehead atoms. The maximum Gasteiger partial charge on any atom is 0.497 e. The molecule has 12 nitrogen and oxygen atoms in total. The van der Waals surface area contributed by atoms with Crippen molar-refractivity contribution >= 4 is 41.3 Å². The van der Waals surface area contributed by atoms with Crippen LogP contribution < -0.4 is 15.7 Å². The molecule has 242 valence electrons. The zero-order valence-electron chi connectivity index (χ0n) is 24.8. The number of imide groups is 1. The number of alkyl halides is 3. The number of guanidine groups is 1. The largest absolute Gasteiger partial charge is 0.497 e. The lowest BCUT2D eigenvalue weighted by Crippen LogP contribution is -2.62. The summed E-state index contributed by atoms with van der Waals surface area (Å²) in [5.41, 5.74) is 5.61. The predicted octanol–water partition coefficient (Wildman–Crippen LogP) is 3.51. The van der Waals surface area contributed by atoms with Crippen molar-refractivity contribution in [2.24, 2.45) is 5.73 Å². The number of nitrogens with two attached hydrogens (primary N) is 1. The van der Waals surface area contributed by atoms with Crippen molar-refractivity contribution < 1.29 is 47.1 Å². The second-order valence-corrected chi connectivity index (χ2v) is 10.7. The smallest absolute Gasteiger partial charge is 0.481 e. The second-order valence-electron chi connectivity index (χ2n) is 10.7. The van der Waals surface area contributed by atoms with Crippen LogP contribution in [0, 0.1) is 19.3 Å².